The number of nitrogens with zero attached hydrogens (tertiary/aromatic N) is 1. The number of H-pyrrole nitrogens is 1. The minimum atomic E-state index is -4.33. The molecule has 1 aromatic rings. The van der Waals surface area contributed by atoms with Gasteiger partial charge in [0.15, 0.2) is 6.04 Å². The zero-order chi connectivity index (χ0) is 17.3. The summed E-state index contributed by atoms with van der Waals surface area (Å²) in [6.45, 7) is 4.92. The summed E-state index contributed by atoms with van der Waals surface area (Å²) < 4.78 is 37.8. The van der Waals surface area contributed by atoms with Gasteiger partial charge >= 0.3 is 6.18 Å². The van der Waals surface area contributed by atoms with Crippen LogP contribution >= 0.6 is 0 Å². The third kappa shape index (κ3) is 3.98. The number of nitrogens with one attached hydrogen (secondary N) is 3. The lowest BCUT2D eigenvalue weighted by Gasteiger charge is -2.31. The lowest BCUT2D eigenvalue weighted by molar-refractivity contribution is -0.914. The minimum absolute atomic E-state index is 0.0932. The Balaban J connectivity index is 1.53. The van der Waals surface area contributed by atoms with E-state index in [0.29, 0.717) is 24.9 Å². The summed E-state index contributed by atoms with van der Waals surface area (Å²) in [5.74, 6) is 0.777. The first-order valence-corrected chi connectivity index (χ1v) is 8.33. The van der Waals surface area contributed by atoms with Crippen LogP contribution in [0.1, 0.15) is 25.3 Å². The first-order chi connectivity index (χ1) is 11.3. The van der Waals surface area contributed by atoms with E-state index in [4.69, 9.17) is 0 Å². The maximum absolute atomic E-state index is 12.6. The highest BCUT2D eigenvalue weighted by Gasteiger charge is 2.36. The number of rotatable bonds is 4. The monoisotopic (exact) mass is 344 g/mol. The van der Waals surface area contributed by atoms with Gasteiger partial charge in [0, 0.05) is 12.1 Å². The molecule has 1 saturated carbocycles. The van der Waals surface area contributed by atoms with E-state index in [1.54, 1.807) is 0 Å². The van der Waals surface area contributed by atoms with Crippen LogP contribution in [0.5, 0.6) is 0 Å². The van der Waals surface area contributed by atoms with E-state index < -0.39 is 11.7 Å². The van der Waals surface area contributed by atoms with Crippen LogP contribution in [0.15, 0.2) is 18.3 Å². The predicted molar refractivity (Wildman–Crippen MR) is 81.5 cm³/mol. The fourth-order valence-electron chi connectivity index (χ4n) is 3.00. The highest BCUT2D eigenvalue weighted by molar-refractivity contribution is 5.80. The largest absolute Gasteiger partial charge is 0.419 e. The number of carbonyl (C=O) groups is 1. The molecule has 8 heteroatoms. The molecule has 2 heterocycles. The number of pyridine rings is 1. The SMILES string of the molecule is C[C@@H](C(=O)NC1CC1)[NH+]1CCN(c2ccc(C(F)(F)F)c[nH+]2)CC1. The Bertz CT molecular complexity index is 578. The first kappa shape index (κ1) is 17.0. The molecule has 1 aliphatic carbocycles. The summed E-state index contributed by atoms with van der Waals surface area (Å²) in [7, 11) is 0. The predicted octanol–water partition coefficient (Wildman–Crippen LogP) is -0.108. The topological polar surface area (TPSA) is 50.9 Å². The van der Waals surface area contributed by atoms with Gasteiger partial charge in [-0.25, -0.2) is 4.98 Å². The molecule has 1 aliphatic heterocycles. The third-order valence-corrected chi connectivity index (χ3v) is 4.80. The molecule has 3 N–H and O–H groups in total. The number of carbonyl (C=O) groups excluding carboxylic acids is 1. The molecule has 24 heavy (non-hydrogen) atoms. The van der Waals surface area contributed by atoms with Crippen LogP contribution in [0.25, 0.3) is 0 Å². The van der Waals surface area contributed by atoms with E-state index in [0.717, 1.165) is 38.2 Å². The van der Waals surface area contributed by atoms with Crippen LogP contribution in [0.3, 0.4) is 0 Å². The maximum atomic E-state index is 12.6. The molecular formula is C16H23F3N4O+2. The molecule has 2 aliphatic rings. The van der Waals surface area contributed by atoms with Crippen molar-refractivity contribution in [2.24, 2.45) is 0 Å². The number of anilines is 1. The molecule has 0 unspecified atom stereocenters. The Morgan fingerprint density at radius 1 is 1.33 bits per heavy atom. The average molecular weight is 344 g/mol. The van der Waals surface area contributed by atoms with Gasteiger partial charge in [-0.05, 0) is 25.8 Å². The Hall–Kier alpha value is -1.83. The Morgan fingerprint density at radius 2 is 2.00 bits per heavy atom. The second-order valence-electron chi connectivity index (χ2n) is 6.61. The van der Waals surface area contributed by atoms with Crippen molar-refractivity contribution in [2.45, 2.75) is 38.0 Å². The molecule has 0 spiro atoms. The van der Waals surface area contributed by atoms with Gasteiger partial charge < -0.3 is 10.2 Å². The maximum Gasteiger partial charge on any atom is 0.419 e. The quantitative estimate of drug-likeness (QED) is 0.801. The summed E-state index contributed by atoms with van der Waals surface area (Å²) >= 11 is 0. The van der Waals surface area contributed by atoms with Crippen molar-refractivity contribution in [1.29, 1.82) is 0 Å². The average Bonchev–Trinajstić information content (AvgIpc) is 3.37. The molecule has 3 rings (SSSR count). The lowest BCUT2D eigenvalue weighted by Crippen LogP contribution is -3.19. The Morgan fingerprint density at radius 3 is 2.50 bits per heavy atom. The van der Waals surface area contributed by atoms with Crippen LogP contribution in [-0.2, 0) is 11.0 Å². The number of halogens is 3. The van der Waals surface area contributed by atoms with Crippen LogP contribution < -0.4 is 20.1 Å². The van der Waals surface area contributed by atoms with E-state index in [1.165, 1.54) is 11.0 Å². The van der Waals surface area contributed by atoms with E-state index in [9.17, 15) is 18.0 Å². The molecule has 1 amide bonds. The molecule has 0 radical (unpaired) electrons. The van der Waals surface area contributed by atoms with Crippen molar-refractivity contribution in [1.82, 2.24) is 5.32 Å². The second-order valence-corrected chi connectivity index (χ2v) is 6.61. The van der Waals surface area contributed by atoms with E-state index in [2.05, 4.69) is 10.3 Å². The van der Waals surface area contributed by atoms with Crippen molar-refractivity contribution >= 4 is 11.7 Å². The molecule has 1 saturated heterocycles. The van der Waals surface area contributed by atoms with Crippen molar-refractivity contribution in [3.63, 3.8) is 0 Å². The molecule has 2 fully saturated rings. The molecule has 1 atom stereocenters. The van der Waals surface area contributed by atoms with Gasteiger partial charge in [0.1, 0.15) is 32.4 Å². The summed E-state index contributed by atoms with van der Waals surface area (Å²) in [4.78, 5) is 18.1. The number of aromatic amines is 1. The van der Waals surface area contributed by atoms with Crippen molar-refractivity contribution in [2.75, 3.05) is 31.1 Å². The number of hydrogen-bond donors (Lipinski definition) is 2. The third-order valence-electron chi connectivity index (χ3n) is 4.80. The van der Waals surface area contributed by atoms with Gasteiger partial charge in [-0.2, -0.15) is 13.2 Å². The van der Waals surface area contributed by atoms with E-state index >= 15 is 0 Å². The van der Waals surface area contributed by atoms with Gasteiger partial charge in [-0.15, -0.1) is 0 Å². The van der Waals surface area contributed by atoms with E-state index in [-0.39, 0.29) is 11.9 Å². The second kappa shape index (κ2) is 6.58. The van der Waals surface area contributed by atoms with Crippen molar-refractivity contribution < 1.29 is 27.8 Å². The minimum Gasteiger partial charge on any atom is -0.348 e. The molecule has 1 aromatic heterocycles. The van der Waals surface area contributed by atoms with Crippen LogP contribution in [0.2, 0.25) is 0 Å². The number of amides is 1. The van der Waals surface area contributed by atoms with Gasteiger partial charge in [-0.1, -0.05) is 0 Å². The normalized spacial score (nSPS) is 20.8. The molecule has 0 aromatic carbocycles. The fraction of sp³-hybridized carbons (Fsp3) is 0.625. The molecular weight excluding hydrogens is 321 g/mol. The van der Waals surface area contributed by atoms with Crippen LogP contribution in [0.4, 0.5) is 19.0 Å². The van der Waals surface area contributed by atoms with Gasteiger partial charge in [-0.3, -0.25) is 9.69 Å². The number of piperazine rings is 1. The standard InChI is InChI=1S/C16H21F3N4O/c1-11(15(24)21-13-3-4-13)22-6-8-23(9-7-22)14-5-2-12(10-20-14)16(17,18)19/h2,5,10-11,13H,3-4,6-9H2,1H3,(H,21,24)/p+2/t11-/m0/s1. The lowest BCUT2D eigenvalue weighted by atomic mass is 10.2. The number of quaternary nitrogens is 1. The molecule has 5 nitrogen and oxygen atoms in total. The van der Waals surface area contributed by atoms with E-state index in [1.807, 2.05) is 11.8 Å². The van der Waals surface area contributed by atoms with Gasteiger partial charge in [0.25, 0.3) is 11.7 Å². The summed E-state index contributed by atoms with van der Waals surface area (Å²) in [5, 5.41) is 3.03. The Labute approximate surface area is 138 Å². The number of hydrogen-bond acceptors (Lipinski definition) is 2. The van der Waals surface area contributed by atoms with Crippen molar-refractivity contribution in [3.8, 4) is 0 Å². The Kier molecular flexibility index (Phi) is 4.67. The summed E-state index contributed by atoms with van der Waals surface area (Å²) in [6, 6.07) is 2.83. The zero-order valence-electron chi connectivity index (χ0n) is 13.6. The van der Waals surface area contributed by atoms with Crippen LogP contribution in [-0.4, -0.2) is 44.2 Å². The summed E-state index contributed by atoms with van der Waals surface area (Å²) in [6.07, 6.45) is -1.18. The fourth-order valence-corrected chi connectivity index (χ4v) is 3.00. The number of aromatic nitrogens is 1. The van der Waals surface area contributed by atoms with Gasteiger partial charge in [0.05, 0.1) is 5.56 Å². The van der Waals surface area contributed by atoms with Gasteiger partial charge in [0.2, 0.25) is 0 Å². The molecule has 132 valence electrons. The van der Waals surface area contributed by atoms with Crippen LogP contribution in [0, 0.1) is 0 Å². The number of alkyl halides is 3. The smallest absolute Gasteiger partial charge is 0.348 e. The first-order valence-electron chi connectivity index (χ1n) is 8.33. The highest BCUT2D eigenvalue weighted by atomic mass is 19.4. The van der Waals surface area contributed by atoms with Crippen molar-refractivity contribution in [3.05, 3.63) is 23.9 Å². The summed E-state index contributed by atoms with van der Waals surface area (Å²) in [5.41, 5.74) is -0.680. The zero-order valence-corrected chi connectivity index (χ0v) is 13.6. The molecule has 0 bridgehead atoms. The highest BCUT2D eigenvalue weighted by Crippen LogP contribution is 2.28.